The summed E-state index contributed by atoms with van der Waals surface area (Å²) < 4.78 is 16.1. The van der Waals surface area contributed by atoms with Gasteiger partial charge in [-0.1, -0.05) is 57.9 Å². The maximum atomic E-state index is 14.8. The number of hydrogen-bond donors (Lipinski definition) is 1. The first-order valence-corrected chi connectivity index (χ1v) is 11.8. The second-order valence-corrected chi connectivity index (χ2v) is 9.06. The summed E-state index contributed by atoms with van der Waals surface area (Å²) in [6.45, 7) is 1.82. The number of thiophene rings is 1. The highest BCUT2D eigenvalue weighted by molar-refractivity contribution is 14.1. The van der Waals surface area contributed by atoms with Crippen LogP contribution in [0.3, 0.4) is 0 Å². The molecule has 2 nitrogen and oxygen atoms in total. The number of rotatable bonds is 6. The maximum Gasteiger partial charge on any atom is 0.132 e. The Hall–Kier alpha value is -1.25. The third kappa shape index (κ3) is 5.09. The lowest BCUT2D eigenvalue weighted by molar-refractivity contribution is 0.221. The molecule has 0 spiro atoms. The number of aliphatic hydroxyl groups is 1. The van der Waals surface area contributed by atoms with Gasteiger partial charge in [0.05, 0.1) is 4.34 Å². The Bertz CT molecular complexity index is 1070. The van der Waals surface area contributed by atoms with E-state index in [1.54, 1.807) is 36.7 Å². The van der Waals surface area contributed by atoms with Crippen LogP contribution in [-0.2, 0) is 0 Å². The van der Waals surface area contributed by atoms with Crippen molar-refractivity contribution in [1.82, 2.24) is 4.98 Å². The Morgan fingerprint density at radius 2 is 2.07 bits per heavy atom. The summed E-state index contributed by atoms with van der Waals surface area (Å²) in [5, 5.41) is 11.7. The molecule has 29 heavy (non-hydrogen) atoms. The average molecular weight is 560 g/mol. The molecule has 1 aromatic carbocycles. The Morgan fingerprint density at radius 3 is 2.62 bits per heavy atom. The molecule has 2 heterocycles. The van der Waals surface area contributed by atoms with Crippen LogP contribution >= 0.6 is 57.1 Å². The van der Waals surface area contributed by atoms with Crippen LogP contribution in [0, 0.1) is 5.82 Å². The fourth-order valence-corrected chi connectivity index (χ4v) is 5.43. The monoisotopic (exact) mass is 559 g/mol. The van der Waals surface area contributed by atoms with Gasteiger partial charge in [-0.25, -0.2) is 4.39 Å². The zero-order valence-corrected chi connectivity index (χ0v) is 19.9. The molecule has 0 saturated carbocycles. The number of pyridine rings is 1. The second kappa shape index (κ2) is 10.2. The van der Waals surface area contributed by atoms with Crippen molar-refractivity contribution in [1.29, 1.82) is 0 Å². The van der Waals surface area contributed by atoms with Gasteiger partial charge >= 0.3 is 0 Å². The van der Waals surface area contributed by atoms with Gasteiger partial charge in [0, 0.05) is 37.8 Å². The highest BCUT2D eigenvalue weighted by Gasteiger charge is 2.25. The summed E-state index contributed by atoms with van der Waals surface area (Å²) in [6, 6.07) is 11.9. The first-order valence-electron chi connectivity index (χ1n) is 8.71. The summed E-state index contributed by atoms with van der Waals surface area (Å²) in [6.07, 6.45) is 4.08. The standard InChI is InChI=1S/C22H17Cl2FINOS/c1-2-15(16-6-5-14(23)10-18(16)25)21(22(28)13-4-3-9-27-12-13)17(11-26)19-7-8-20(24)29-19/h2-10,12,22,28H,11H2,1H3/b15-2-,21-17-. The number of aromatic nitrogens is 1. The summed E-state index contributed by atoms with van der Waals surface area (Å²) in [7, 11) is 0. The summed E-state index contributed by atoms with van der Waals surface area (Å²) in [5.41, 5.74) is 3.11. The van der Waals surface area contributed by atoms with E-state index in [2.05, 4.69) is 27.6 Å². The molecule has 0 aliphatic carbocycles. The van der Waals surface area contributed by atoms with Crippen molar-refractivity contribution < 1.29 is 9.50 Å². The Kier molecular flexibility index (Phi) is 7.87. The fourth-order valence-electron chi connectivity index (χ4n) is 3.09. The highest BCUT2D eigenvalue weighted by Crippen LogP contribution is 2.42. The predicted molar refractivity (Wildman–Crippen MR) is 129 cm³/mol. The van der Waals surface area contributed by atoms with Gasteiger partial charge in [-0.05, 0) is 60.0 Å². The van der Waals surface area contributed by atoms with Gasteiger partial charge in [-0.15, -0.1) is 11.3 Å². The van der Waals surface area contributed by atoms with Crippen LogP contribution in [0.25, 0.3) is 11.1 Å². The topological polar surface area (TPSA) is 33.1 Å². The molecule has 1 unspecified atom stereocenters. The van der Waals surface area contributed by atoms with Gasteiger partial charge in [0.15, 0.2) is 0 Å². The number of aliphatic hydroxyl groups excluding tert-OH is 1. The van der Waals surface area contributed by atoms with Crippen LogP contribution in [0.5, 0.6) is 0 Å². The van der Waals surface area contributed by atoms with E-state index in [-0.39, 0.29) is 0 Å². The number of nitrogens with zero attached hydrogens (tertiary/aromatic N) is 1. The lowest BCUT2D eigenvalue weighted by Crippen LogP contribution is -2.09. The van der Waals surface area contributed by atoms with Gasteiger partial charge in [0.1, 0.15) is 11.9 Å². The van der Waals surface area contributed by atoms with Crippen molar-refractivity contribution in [3.05, 3.63) is 97.7 Å². The van der Waals surface area contributed by atoms with Crippen LogP contribution in [0.4, 0.5) is 4.39 Å². The van der Waals surface area contributed by atoms with E-state index < -0.39 is 11.9 Å². The van der Waals surface area contributed by atoms with Gasteiger partial charge in [0.25, 0.3) is 0 Å². The van der Waals surface area contributed by atoms with E-state index in [1.807, 2.05) is 25.1 Å². The van der Waals surface area contributed by atoms with Crippen molar-refractivity contribution in [3.63, 3.8) is 0 Å². The Balaban J connectivity index is 2.28. The summed E-state index contributed by atoms with van der Waals surface area (Å²) in [4.78, 5) is 5.05. The Morgan fingerprint density at radius 1 is 1.28 bits per heavy atom. The minimum Gasteiger partial charge on any atom is -0.384 e. The quantitative estimate of drug-likeness (QED) is 0.191. The first kappa shape index (κ1) is 22.4. The molecule has 0 saturated heterocycles. The molecule has 1 atom stereocenters. The predicted octanol–water partition coefficient (Wildman–Crippen LogP) is 7.61. The molecule has 0 aliphatic rings. The third-order valence-corrected chi connectivity index (χ3v) is 6.69. The molecule has 3 rings (SSSR count). The van der Waals surface area contributed by atoms with E-state index in [1.165, 1.54) is 17.4 Å². The van der Waals surface area contributed by atoms with Crippen molar-refractivity contribution in [2.75, 3.05) is 4.43 Å². The molecule has 0 radical (unpaired) electrons. The largest absolute Gasteiger partial charge is 0.384 e. The van der Waals surface area contributed by atoms with Gasteiger partial charge < -0.3 is 5.11 Å². The fraction of sp³-hybridized carbons (Fsp3) is 0.136. The second-order valence-electron chi connectivity index (χ2n) is 6.15. The number of alkyl halides is 1. The van der Waals surface area contributed by atoms with Crippen LogP contribution in [0.2, 0.25) is 9.36 Å². The number of benzene rings is 1. The van der Waals surface area contributed by atoms with Crippen LogP contribution in [0.15, 0.2) is 66.5 Å². The van der Waals surface area contributed by atoms with Gasteiger partial charge in [-0.3, -0.25) is 4.98 Å². The number of hydrogen-bond acceptors (Lipinski definition) is 3. The third-order valence-electron chi connectivity index (χ3n) is 4.40. The average Bonchev–Trinajstić information content (AvgIpc) is 3.15. The lowest BCUT2D eigenvalue weighted by atomic mass is 9.87. The molecule has 150 valence electrons. The first-order chi connectivity index (χ1) is 14.0. The van der Waals surface area contributed by atoms with Crippen LogP contribution in [0.1, 0.15) is 29.0 Å². The number of halogens is 4. The highest BCUT2D eigenvalue weighted by atomic mass is 127. The van der Waals surface area contributed by atoms with Crippen molar-refractivity contribution in [3.8, 4) is 0 Å². The molecule has 0 aliphatic heterocycles. The zero-order chi connectivity index (χ0) is 21.0. The van der Waals surface area contributed by atoms with Crippen molar-refractivity contribution in [2.24, 2.45) is 0 Å². The number of allylic oxidation sites excluding steroid dienone is 2. The molecular weight excluding hydrogens is 543 g/mol. The minimum absolute atomic E-state index is 0.319. The Labute approximate surface area is 196 Å². The van der Waals surface area contributed by atoms with Crippen molar-refractivity contribution in [2.45, 2.75) is 13.0 Å². The van der Waals surface area contributed by atoms with E-state index in [9.17, 15) is 9.50 Å². The lowest BCUT2D eigenvalue weighted by Gasteiger charge is -2.23. The van der Waals surface area contributed by atoms with E-state index >= 15 is 0 Å². The van der Waals surface area contributed by atoms with Crippen molar-refractivity contribution >= 4 is 68.3 Å². The van der Waals surface area contributed by atoms with Gasteiger partial charge in [-0.2, -0.15) is 0 Å². The van der Waals surface area contributed by atoms with E-state index in [0.29, 0.717) is 36.1 Å². The molecule has 7 heteroatoms. The van der Waals surface area contributed by atoms with Crippen LogP contribution in [-0.4, -0.2) is 14.5 Å². The molecule has 2 aromatic heterocycles. The van der Waals surface area contributed by atoms with Crippen LogP contribution < -0.4 is 0 Å². The molecule has 0 amide bonds. The SMILES string of the molecule is C/C=C(\C(=C(/CI)c1ccc(Cl)s1)C(O)c1cccnc1)c1ccc(Cl)cc1F. The van der Waals surface area contributed by atoms with E-state index in [4.69, 9.17) is 23.2 Å². The normalized spacial score (nSPS) is 13.9. The molecule has 0 fully saturated rings. The zero-order valence-electron chi connectivity index (χ0n) is 15.4. The smallest absolute Gasteiger partial charge is 0.132 e. The molecule has 3 aromatic rings. The molecule has 1 N–H and O–H groups in total. The molecule has 0 bridgehead atoms. The minimum atomic E-state index is -0.990. The summed E-state index contributed by atoms with van der Waals surface area (Å²) in [5.74, 6) is -0.446. The maximum absolute atomic E-state index is 14.8. The summed E-state index contributed by atoms with van der Waals surface area (Å²) >= 11 is 15.8. The van der Waals surface area contributed by atoms with Gasteiger partial charge in [0.2, 0.25) is 0 Å². The molecular formula is C22H17Cl2FINOS. The van der Waals surface area contributed by atoms with E-state index in [0.717, 1.165) is 10.5 Å².